The van der Waals surface area contributed by atoms with Gasteiger partial charge in [-0.15, -0.1) is 0 Å². The Morgan fingerprint density at radius 2 is 2.23 bits per heavy atom. The minimum Gasteiger partial charge on any atom is -0.396 e. The van der Waals surface area contributed by atoms with Crippen LogP contribution in [0.1, 0.15) is 29.2 Å². The van der Waals surface area contributed by atoms with E-state index in [0.717, 1.165) is 24.0 Å². The normalized spacial score (nSPS) is 20.3. The molecule has 2 N–H and O–H groups in total. The van der Waals surface area contributed by atoms with Crippen LogP contribution >= 0.6 is 0 Å². The van der Waals surface area contributed by atoms with Gasteiger partial charge >= 0.3 is 0 Å². The summed E-state index contributed by atoms with van der Waals surface area (Å²) in [5.41, 5.74) is 3.48. The van der Waals surface area contributed by atoms with Gasteiger partial charge in [0.05, 0.1) is 6.10 Å². The zero-order chi connectivity index (χ0) is 9.26. The molecule has 1 aliphatic rings. The summed E-state index contributed by atoms with van der Waals surface area (Å²) < 4.78 is 0. The average molecular weight is 178 g/mol. The van der Waals surface area contributed by atoms with Crippen molar-refractivity contribution < 1.29 is 10.2 Å². The molecule has 1 unspecified atom stereocenters. The van der Waals surface area contributed by atoms with E-state index in [-0.39, 0.29) is 12.7 Å². The van der Waals surface area contributed by atoms with Crippen LogP contribution in [-0.4, -0.2) is 16.8 Å². The summed E-state index contributed by atoms with van der Waals surface area (Å²) >= 11 is 0. The van der Waals surface area contributed by atoms with Gasteiger partial charge in [0.1, 0.15) is 0 Å². The van der Waals surface area contributed by atoms with Crippen molar-refractivity contribution in [1.29, 1.82) is 0 Å². The van der Waals surface area contributed by atoms with Gasteiger partial charge in [-0.2, -0.15) is 0 Å². The summed E-state index contributed by atoms with van der Waals surface area (Å²) in [5, 5.41) is 18.3. The molecule has 0 saturated heterocycles. The van der Waals surface area contributed by atoms with Crippen LogP contribution in [0.15, 0.2) is 18.2 Å². The molecular weight excluding hydrogens is 164 g/mol. The maximum absolute atomic E-state index is 9.55. The Balaban J connectivity index is 2.29. The minimum absolute atomic E-state index is 0.196. The van der Waals surface area contributed by atoms with Crippen molar-refractivity contribution in [1.82, 2.24) is 0 Å². The second-order valence-corrected chi connectivity index (χ2v) is 3.56. The van der Waals surface area contributed by atoms with Gasteiger partial charge < -0.3 is 10.2 Å². The molecule has 0 fully saturated rings. The molecule has 1 aromatic rings. The first-order valence-corrected chi connectivity index (χ1v) is 4.72. The van der Waals surface area contributed by atoms with E-state index in [1.165, 1.54) is 5.56 Å². The molecule has 0 bridgehead atoms. The fourth-order valence-electron chi connectivity index (χ4n) is 1.93. The molecular formula is C11H14O2. The lowest BCUT2D eigenvalue weighted by atomic mass is 10.0. The van der Waals surface area contributed by atoms with Crippen LogP contribution < -0.4 is 0 Å². The van der Waals surface area contributed by atoms with Crippen molar-refractivity contribution >= 4 is 0 Å². The van der Waals surface area contributed by atoms with Crippen LogP contribution in [0.2, 0.25) is 0 Å². The number of hydrogen-bond acceptors (Lipinski definition) is 2. The second kappa shape index (κ2) is 3.48. The summed E-state index contributed by atoms with van der Waals surface area (Å²) in [5.74, 6) is 0. The third kappa shape index (κ3) is 1.60. The molecule has 1 atom stereocenters. The van der Waals surface area contributed by atoms with E-state index in [4.69, 9.17) is 5.11 Å². The predicted molar refractivity (Wildman–Crippen MR) is 50.5 cm³/mol. The van der Waals surface area contributed by atoms with E-state index < -0.39 is 0 Å². The van der Waals surface area contributed by atoms with Crippen molar-refractivity contribution in [2.75, 3.05) is 6.61 Å². The van der Waals surface area contributed by atoms with Crippen molar-refractivity contribution in [3.63, 3.8) is 0 Å². The Morgan fingerprint density at radius 1 is 1.38 bits per heavy atom. The van der Waals surface area contributed by atoms with Crippen LogP contribution in [0, 0.1) is 0 Å². The molecule has 0 saturated carbocycles. The number of hydrogen-bond donors (Lipinski definition) is 2. The maximum atomic E-state index is 9.55. The summed E-state index contributed by atoms with van der Waals surface area (Å²) in [7, 11) is 0. The molecule has 0 aromatic heterocycles. The van der Waals surface area contributed by atoms with Gasteiger partial charge in [-0.25, -0.2) is 0 Å². The summed E-state index contributed by atoms with van der Waals surface area (Å²) in [6.45, 7) is 0.196. The fourth-order valence-corrected chi connectivity index (χ4v) is 1.93. The number of fused-ring (bicyclic) bond motifs is 1. The van der Waals surface area contributed by atoms with E-state index in [1.54, 1.807) is 0 Å². The molecule has 0 heterocycles. The number of benzene rings is 1. The van der Waals surface area contributed by atoms with E-state index in [2.05, 4.69) is 6.07 Å². The fraction of sp³-hybridized carbons (Fsp3) is 0.455. The van der Waals surface area contributed by atoms with E-state index in [1.807, 2.05) is 12.1 Å². The molecule has 0 radical (unpaired) electrons. The van der Waals surface area contributed by atoms with Crippen molar-refractivity contribution in [3.8, 4) is 0 Å². The topological polar surface area (TPSA) is 40.5 Å². The van der Waals surface area contributed by atoms with Crippen LogP contribution in [0.25, 0.3) is 0 Å². The lowest BCUT2D eigenvalue weighted by molar-refractivity contribution is 0.180. The molecule has 1 aromatic carbocycles. The highest BCUT2D eigenvalue weighted by Gasteiger charge is 2.19. The Hall–Kier alpha value is -0.860. The first kappa shape index (κ1) is 8.73. The van der Waals surface area contributed by atoms with E-state index in [9.17, 15) is 5.11 Å². The summed E-state index contributed by atoms with van der Waals surface area (Å²) in [4.78, 5) is 0. The number of aliphatic hydroxyl groups excluding tert-OH is 2. The van der Waals surface area contributed by atoms with Gasteiger partial charge in [-0.05, 0) is 36.0 Å². The number of aliphatic hydroxyl groups is 2. The van der Waals surface area contributed by atoms with Crippen LogP contribution in [0.4, 0.5) is 0 Å². The zero-order valence-corrected chi connectivity index (χ0v) is 7.53. The Labute approximate surface area is 77.8 Å². The standard InChI is InChI=1S/C11H14O2/c12-6-5-8-1-3-10-9(7-8)2-4-11(10)13/h1,3,7,11-13H,2,4-6H2. The second-order valence-electron chi connectivity index (χ2n) is 3.56. The van der Waals surface area contributed by atoms with Crippen LogP contribution in [-0.2, 0) is 12.8 Å². The van der Waals surface area contributed by atoms with Crippen LogP contribution in [0.3, 0.4) is 0 Å². The van der Waals surface area contributed by atoms with Gasteiger partial charge in [0.15, 0.2) is 0 Å². The first-order chi connectivity index (χ1) is 6.31. The molecule has 0 aliphatic heterocycles. The zero-order valence-electron chi connectivity index (χ0n) is 7.53. The molecule has 2 rings (SSSR count). The molecule has 0 spiro atoms. The average Bonchev–Trinajstić information content (AvgIpc) is 2.48. The predicted octanol–water partition coefficient (Wildman–Crippen LogP) is 1.20. The van der Waals surface area contributed by atoms with Gasteiger partial charge in [0, 0.05) is 6.61 Å². The van der Waals surface area contributed by atoms with E-state index >= 15 is 0 Å². The molecule has 2 nitrogen and oxygen atoms in total. The van der Waals surface area contributed by atoms with Gasteiger partial charge in [0.25, 0.3) is 0 Å². The smallest absolute Gasteiger partial charge is 0.0795 e. The third-order valence-electron chi connectivity index (χ3n) is 2.65. The van der Waals surface area contributed by atoms with Gasteiger partial charge in [-0.1, -0.05) is 18.2 Å². The largest absolute Gasteiger partial charge is 0.396 e. The Morgan fingerprint density at radius 3 is 3.00 bits per heavy atom. The number of rotatable bonds is 2. The lowest BCUT2D eigenvalue weighted by Gasteiger charge is -2.05. The van der Waals surface area contributed by atoms with Crippen molar-refractivity contribution in [2.24, 2.45) is 0 Å². The van der Waals surface area contributed by atoms with E-state index in [0.29, 0.717) is 6.42 Å². The highest BCUT2D eigenvalue weighted by molar-refractivity contribution is 5.37. The molecule has 70 valence electrons. The van der Waals surface area contributed by atoms with Crippen molar-refractivity contribution in [3.05, 3.63) is 34.9 Å². The SMILES string of the molecule is OCCc1ccc2c(c1)CCC2O. The molecule has 2 heteroatoms. The Bertz CT molecular complexity index is 307. The molecule has 1 aliphatic carbocycles. The monoisotopic (exact) mass is 178 g/mol. The maximum Gasteiger partial charge on any atom is 0.0795 e. The van der Waals surface area contributed by atoms with Crippen molar-refractivity contribution in [2.45, 2.75) is 25.4 Å². The third-order valence-corrected chi connectivity index (χ3v) is 2.65. The van der Waals surface area contributed by atoms with Gasteiger partial charge in [0.2, 0.25) is 0 Å². The lowest BCUT2D eigenvalue weighted by Crippen LogP contribution is -1.94. The molecule has 13 heavy (non-hydrogen) atoms. The Kier molecular flexibility index (Phi) is 2.34. The minimum atomic E-state index is -0.266. The van der Waals surface area contributed by atoms with Gasteiger partial charge in [-0.3, -0.25) is 0 Å². The highest BCUT2D eigenvalue weighted by atomic mass is 16.3. The number of aryl methyl sites for hydroxylation is 1. The summed E-state index contributed by atoms with van der Waals surface area (Å²) in [6.07, 6.45) is 2.26. The first-order valence-electron chi connectivity index (χ1n) is 4.72. The van der Waals surface area contributed by atoms with Crippen LogP contribution in [0.5, 0.6) is 0 Å². The summed E-state index contributed by atoms with van der Waals surface area (Å²) in [6, 6.07) is 6.07. The molecule has 0 amide bonds. The quantitative estimate of drug-likeness (QED) is 0.714. The highest BCUT2D eigenvalue weighted by Crippen LogP contribution is 2.31.